The zero-order valence-corrected chi connectivity index (χ0v) is 18.8. The first-order chi connectivity index (χ1) is 15.3. The number of methoxy groups -OCH3 is 1. The van der Waals surface area contributed by atoms with Gasteiger partial charge in [-0.05, 0) is 59.7 Å². The molecule has 32 heavy (non-hydrogen) atoms. The Labute approximate surface area is 187 Å². The molecular weight excluding hydrogens is 431 g/mol. The van der Waals surface area contributed by atoms with Crippen LogP contribution in [-0.4, -0.2) is 56.8 Å². The molecule has 1 heterocycles. The second-order valence-corrected chi connectivity index (χ2v) is 9.82. The van der Waals surface area contributed by atoms with E-state index in [0.29, 0.717) is 13.1 Å². The minimum absolute atomic E-state index is 0.0308. The van der Waals surface area contributed by atoms with Gasteiger partial charge < -0.3 is 9.64 Å². The van der Waals surface area contributed by atoms with Crippen LogP contribution in [0.1, 0.15) is 18.4 Å². The van der Waals surface area contributed by atoms with Crippen LogP contribution in [0.15, 0.2) is 65.6 Å². The van der Waals surface area contributed by atoms with E-state index in [1.807, 2.05) is 43.3 Å². The molecule has 1 atom stereocenters. The smallest absolute Gasteiger partial charge is 0.243 e. The first kappa shape index (κ1) is 22.2. The third kappa shape index (κ3) is 4.33. The molecule has 8 heteroatoms. The van der Waals surface area contributed by atoms with Crippen LogP contribution >= 0.6 is 0 Å². The molecule has 168 valence electrons. The molecule has 0 spiro atoms. The third-order valence-corrected chi connectivity index (χ3v) is 7.86. The molecule has 0 aromatic heterocycles. The molecule has 0 radical (unpaired) electrons. The van der Waals surface area contributed by atoms with Gasteiger partial charge in [-0.25, -0.2) is 12.8 Å². The fraction of sp³-hybridized carbons (Fsp3) is 0.292. The summed E-state index contributed by atoms with van der Waals surface area (Å²) in [6.07, 6.45) is 0. The SMILES string of the molecule is COc1ccc2cc(C(C)C(=O)N3CCN(S(=O)(=O)c4ccc(F)cc4)CC3)ccc2c1. The standard InChI is InChI=1S/C24H25FN2O4S/c1-17(18-3-4-20-16-22(31-2)8-5-19(20)15-18)24(28)26-11-13-27(14-12-26)32(29,30)23-9-6-21(25)7-10-23/h3-10,15-17H,11-14H2,1-2H3. The largest absolute Gasteiger partial charge is 0.497 e. The van der Waals surface area contributed by atoms with E-state index in [1.165, 1.54) is 16.4 Å². The van der Waals surface area contributed by atoms with Crippen molar-refractivity contribution in [2.75, 3.05) is 33.3 Å². The summed E-state index contributed by atoms with van der Waals surface area (Å²) >= 11 is 0. The summed E-state index contributed by atoms with van der Waals surface area (Å²) in [4.78, 5) is 14.9. The van der Waals surface area contributed by atoms with Gasteiger partial charge in [-0.3, -0.25) is 4.79 Å². The van der Waals surface area contributed by atoms with Crippen LogP contribution in [0.5, 0.6) is 5.75 Å². The summed E-state index contributed by atoms with van der Waals surface area (Å²) in [5.74, 6) is -0.0810. The third-order valence-electron chi connectivity index (χ3n) is 5.94. The summed E-state index contributed by atoms with van der Waals surface area (Å²) in [5.41, 5.74) is 0.911. The summed E-state index contributed by atoms with van der Waals surface area (Å²) in [5, 5.41) is 2.06. The summed E-state index contributed by atoms with van der Waals surface area (Å²) in [6, 6.07) is 16.5. The number of carbonyl (C=O) groups excluding carboxylic acids is 1. The highest BCUT2D eigenvalue weighted by Crippen LogP contribution is 2.27. The lowest BCUT2D eigenvalue weighted by molar-refractivity contribution is -0.133. The molecule has 3 aromatic rings. The zero-order chi connectivity index (χ0) is 22.9. The molecule has 1 aliphatic rings. The van der Waals surface area contributed by atoms with E-state index in [1.54, 1.807) is 12.0 Å². The number of carbonyl (C=O) groups is 1. The second kappa shape index (κ2) is 8.88. The fourth-order valence-electron chi connectivity index (χ4n) is 3.96. The van der Waals surface area contributed by atoms with Crippen molar-refractivity contribution in [3.05, 3.63) is 72.0 Å². The topological polar surface area (TPSA) is 66.9 Å². The monoisotopic (exact) mass is 456 g/mol. The van der Waals surface area contributed by atoms with Gasteiger partial charge in [-0.15, -0.1) is 0 Å². The highest BCUT2D eigenvalue weighted by molar-refractivity contribution is 7.89. The van der Waals surface area contributed by atoms with Crippen LogP contribution in [0.25, 0.3) is 10.8 Å². The Morgan fingerprint density at radius 2 is 1.56 bits per heavy atom. The molecule has 4 rings (SSSR count). The van der Waals surface area contributed by atoms with Gasteiger partial charge in [-0.1, -0.05) is 24.3 Å². The average Bonchev–Trinajstić information content (AvgIpc) is 2.82. The van der Waals surface area contributed by atoms with E-state index >= 15 is 0 Å². The highest BCUT2D eigenvalue weighted by Gasteiger charge is 2.31. The Bertz CT molecular complexity index is 1240. The molecule has 3 aromatic carbocycles. The van der Waals surface area contributed by atoms with Gasteiger partial charge >= 0.3 is 0 Å². The minimum Gasteiger partial charge on any atom is -0.497 e. The van der Waals surface area contributed by atoms with E-state index < -0.39 is 15.8 Å². The van der Waals surface area contributed by atoms with Crippen molar-refractivity contribution in [1.82, 2.24) is 9.21 Å². The molecule has 1 aliphatic heterocycles. The maximum atomic E-state index is 13.1. The number of hydrogen-bond acceptors (Lipinski definition) is 4. The Kier molecular flexibility index (Phi) is 6.17. The van der Waals surface area contributed by atoms with E-state index in [2.05, 4.69) is 0 Å². The Hall–Kier alpha value is -2.97. The number of amides is 1. The molecule has 6 nitrogen and oxygen atoms in total. The number of ether oxygens (including phenoxy) is 1. The Morgan fingerprint density at radius 3 is 2.22 bits per heavy atom. The predicted molar refractivity (Wildman–Crippen MR) is 121 cm³/mol. The van der Waals surface area contributed by atoms with Crippen molar-refractivity contribution in [2.24, 2.45) is 0 Å². The van der Waals surface area contributed by atoms with Gasteiger partial charge in [0, 0.05) is 26.2 Å². The highest BCUT2D eigenvalue weighted by atomic mass is 32.2. The number of hydrogen-bond donors (Lipinski definition) is 0. The number of fused-ring (bicyclic) bond motifs is 1. The van der Waals surface area contributed by atoms with Crippen LogP contribution in [0.2, 0.25) is 0 Å². The lowest BCUT2D eigenvalue weighted by Gasteiger charge is -2.35. The predicted octanol–water partition coefficient (Wildman–Crippen LogP) is 3.62. The molecule has 0 N–H and O–H groups in total. The zero-order valence-electron chi connectivity index (χ0n) is 18.0. The van der Waals surface area contributed by atoms with Crippen molar-refractivity contribution >= 4 is 26.7 Å². The molecule has 1 unspecified atom stereocenters. The van der Waals surface area contributed by atoms with Crippen molar-refractivity contribution in [3.63, 3.8) is 0 Å². The summed E-state index contributed by atoms with van der Waals surface area (Å²) in [7, 11) is -2.09. The van der Waals surface area contributed by atoms with Crippen molar-refractivity contribution in [3.8, 4) is 5.75 Å². The van der Waals surface area contributed by atoms with E-state index in [0.717, 1.165) is 34.2 Å². The van der Waals surface area contributed by atoms with Gasteiger partial charge in [0.25, 0.3) is 0 Å². The Balaban J connectivity index is 1.43. The van der Waals surface area contributed by atoms with Crippen LogP contribution < -0.4 is 4.74 Å². The first-order valence-corrected chi connectivity index (χ1v) is 11.9. The van der Waals surface area contributed by atoms with Gasteiger partial charge in [0.05, 0.1) is 17.9 Å². The average molecular weight is 457 g/mol. The van der Waals surface area contributed by atoms with Crippen molar-refractivity contribution in [2.45, 2.75) is 17.7 Å². The molecule has 1 fully saturated rings. The minimum atomic E-state index is -3.71. The van der Waals surface area contributed by atoms with Crippen molar-refractivity contribution in [1.29, 1.82) is 0 Å². The lowest BCUT2D eigenvalue weighted by Crippen LogP contribution is -2.51. The van der Waals surface area contributed by atoms with Gasteiger partial charge in [-0.2, -0.15) is 4.31 Å². The summed E-state index contributed by atoms with van der Waals surface area (Å²) < 4.78 is 45.3. The molecule has 1 amide bonds. The number of sulfonamides is 1. The number of piperazine rings is 1. The van der Waals surface area contributed by atoms with Gasteiger partial charge in [0.2, 0.25) is 15.9 Å². The van der Waals surface area contributed by atoms with Crippen LogP contribution in [0.3, 0.4) is 0 Å². The van der Waals surface area contributed by atoms with Crippen LogP contribution in [0, 0.1) is 5.82 Å². The van der Waals surface area contributed by atoms with E-state index in [-0.39, 0.29) is 29.8 Å². The van der Waals surface area contributed by atoms with E-state index in [9.17, 15) is 17.6 Å². The molecule has 0 aliphatic carbocycles. The lowest BCUT2D eigenvalue weighted by atomic mass is 9.96. The quantitative estimate of drug-likeness (QED) is 0.588. The van der Waals surface area contributed by atoms with Crippen LogP contribution in [0.4, 0.5) is 4.39 Å². The Morgan fingerprint density at radius 1 is 0.938 bits per heavy atom. The second-order valence-electron chi connectivity index (χ2n) is 7.88. The number of halogens is 1. The summed E-state index contributed by atoms with van der Waals surface area (Å²) in [6.45, 7) is 2.91. The molecule has 0 saturated carbocycles. The van der Waals surface area contributed by atoms with Gasteiger partial charge in [0.1, 0.15) is 11.6 Å². The normalized spacial score (nSPS) is 16.2. The van der Waals surface area contributed by atoms with E-state index in [4.69, 9.17) is 4.74 Å². The maximum Gasteiger partial charge on any atom is 0.243 e. The number of benzene rings is 3. The first-order valence-electron chi connectivity index (χ1n) is 10.4. The maximum absolute atomic E-state index is 13.1. The number of rotatable bonds is 5. The molecule has 0 bridgehead atoms. The number of nitrogens with zero attached hydrogens (tertiary/aromatic N) is 2. The molecule has 1 saturated heterocycles. The fourth-order valence-corrected chi connectivity index (χ4v) is 5.38. The van der Waals surface area contributed by atoms with Gasteiger partial charge in [0.15, 0.2) is 0 Å². The van der Waals surface area contributed by atoms with Crippen molar-refractivity contribution < 1.29 is 22.3 Å². The van der Waals surface area contributed by atoms with Crippen LogP contribution in [-0.2, 0) is 14.8 Å². The molecular formula is C24H25FN2O4S.